The van der Waals surface area contributed by atoms with E-state index in [0.29, 0.717) is 16.5 Å². The average Bonchev–Trinajstić information content (AvgIpc) is 2.88. The fourth-order valence-electron chi connectivity index (χ4n) is 4.24. The van der Waals surface area contributed by atoms with Crippen LogP contribution >= 0.6 is 0 Å². The van der Waals surface area contributed by atoms with E-state index in [-0.39, 0.29) is 11.6 Å². The Morgan fingerprint density at radius 1 is 0.750 bits per heavy atom. The minimum Gasteiger partial charge on any atom is -0.435 e. The van der Waals surface area contributed by atoms with Gasteiger partial charge in [0.25, 0.3) is 0 Å². The molecular formula is C32H29F3O. The lowest BCUT2D eigenvalue weighted by atomic mass is 9.99. The van der Waals surface area contributed by atoms with E-state index in [4.69, 9.17) is 0 Å². The predicted molar refractivity (Wildman–Crippen MR) is 141 cm³/mol. The summed E-state index contributed by atoms with van der Waals surface area (Å²) in [6.45, 7) is -0.664. The van der Waals surface area contributed by atoms with Gasteiger partial charge < -0.3 is 4.74 Å². The molecule has 4 aromatic rings. The van der Waals surface area contributed by atoms with Crippen molar-refractivity contribution in [3.63, 3.8) is 0 Å². The molecule has 0 amide bonds. The van der Waals surface area contributed by atoms with Crippen LogP contribution in [0, 0.1) is 17.7 Å². The first-order valence-corrected chi connectivity index (χ1v) is 12.4. The summed E-state index contributed by atoms with van der Waals surface area (Å²) in [6, 6.07) is 23.3. The molecule has 0 aliphatic carbocycles. The molecule has 184 valence electrons. The summed E-state index contributed by atoms with van der Waals surface area (Å²) in [6.07, 6.45) is 7.48. The van der Waals surface area contributed by atoms with Crippen LogP contribution in [0.25, 0.3) is 21.9 Å². The van der Waals surface area contributed by atoms with E-state index < -0.39 is 6.61 Å². The number of rotatable bonds is 9. The number of unbranched alkanes of at least 4 members (excludes halogenated alkanes) is 4. The minimum atomic E-state index is -2.89. The van der Waals surface area contributed by atoms with Crippen molar-refractivity contribution in [1.82, 2.24) is 0 Å². The summed E-state index contributed by atoms with van der Waals surface area (Å²) in [5.74, 6) is 6.05. The lowest BCUT2D eigenvalue weighted by Crippen LogP contribution is -2.01. The molecule has 0 N–H and O–H groups in total. The van der Waals surface area contributed by atoms with Crippen molar-refractivity contribution in [2.75, 3.05) is 0 Å². The highest BCUT2D eigenvalue weighted by Crippen LogP contribution is 2.31. The molecule has 0 saturated heterocycles. The third kappa shape index (κ3) is 6.70. The Bertz CT molecular complexity index is 1350. The Hall–Kier alpha value is -3.71. The Labute approximate surface area is 210 Å². The Morgan fingerprint density at radius 3 is 2.17 bits per heavy atom. The summed E-state index contributed by atoms with van der Waals surface area (Å²) in [7, 11) is 0. The van der Waals surface area contributed by atoms with Crippen LogP contribution in [0.1, 0.15) is 55.7 Å². The standard InChI is InChI=1S/C32H29F3O/c1-2-3-4-5-6-7-23-8-10-24(11-9-23)12-13-25-14-20-30-27(22-25)17-21-29(31(30)33)26-15-18-28(19-16-26)36-32(34)35/h8-11,14-22,32H,2-7H2,1H3. The van der Waals surface area contributed by atoms with Crippen LogP contribution in [-0.2, 0) is 6.42 Å². The van der Waals surface area contributed by atoms with E-state index >= 15 is 4.39 Å². The van der Waals surface area contributed by atoms with E-state index in [2.05, 4.69) is 47.8 Å². The number of benzene rings is 4. The van der Waals surface area contributed by atoms with E-state index in [1.165, 1.54) is 49.8 Å². The van der Waals surface area contributed by atoms with Gasteiger partial charge in [0.05, 0.1) is 0 Å². The predicted octanol–water partition coefficient (Wildman–Crippen LogP) is 9.16. The molecule has 0 aliphatic heterocycles. The van der Waals surface area contributed by atoms with Gasteiger partial charge in [0.2, 0.25) is 0 Å². The van der Waals surface area contributed by atoms with Gasteiger partial charge in [-0.25, -0.2) is 4.39 Å². The molecule has 0 atom stereocenters. The summed E-state index contributed by atoms with van der Waals surface area (Å²) >= 11 is 0. The van der Waals surface area contributed by atoms with E-state index in [1.807, 2.05) is 18.2 Å². The van der Waals surface area contributed by atoms with Gasteiger partial charge in [0.15, 0.2) is 0 Å². The molecule has 36 heavy (non-hydrogen) atoms. The molecule has 4 heteroatoms. The van der Waals surface area contributed by atoms with Gasteiger partial charge >= 0.3 is 6.61 Å². The number of fused-ring (bicyclic) bond motifs is 1. The number of alkyl halides is 2. The van der Waals surface area contributed by atoms with Crippen LogP contribution in [0.2, 0.25) is 0 Å². The van der Waals surface area contributed by atoms with Crippen LogP contribution in [0.5, 0.6) is 5.75 Å². The molecule has 0 aliphatic rings. The highest BCUT2D eigenvalue weighted by Gasteiger charge is 2.11. The van der Waals surface area contributed by atoms with Gasteiger partial charge in [-0.2, -0.15) is 8.78 Å². The molecule has 4 aromatic carbocycles. The largest absolute Gasteiger partial charge is 0.435 e. The summed E-state index contributed by atoms with van der Waals surface area (Å²) in [5.41, 5.74) is 4.08. The van der Waals surface area contributed by atoms with Crippen molar-refractivity contribution in [2.45, 2.75) is 52.1 Å². The summed E-state index contributed by atoms with van der Waals surface area (Å²) in [5, 5.41) is 1.23. The van der Waals surface area contributed by atoms with E-state index in [9.17, 15) is 8.78 Å². The topological polar surface area (TPSA) is 9.23 Å². The second-order valence-corrected chi connectivity index (χ2v) is 8.88. The molecule has 0 aromatic heterocycles. The first-order valence-electron chi connectivity index (χ1n) is 12.4. The molecule has 0 heterocycles. The monoisotopic (exact) mass is 486 g/mol. The quantitative estimate of drug-likeness (QED) is 0.169. The van der Waals surface area contributed by atoms with Crippen LogP contribution in [0.15, 0.2) is 78.9 Å². The third-order valence-electron chi connectivity index (χ3n) is 6.22. The molecule has 0 unspecified atom stereocenters. The first-order chi connectivity index (χ1) is 17.5. The van der Waals surface area contributed by atoms with Gasteiger partial charge in [-0.1, -0.05) is 86.9 Å². The zero-order valence-corrected chi connectivity index (χ0v) is 20.4. The molecule has 1 nitrogen and oxygen atoms in total. The average molecular weight is 487 g/mol. The Balaban J connectivity index is 1.45. The highest BCUT2D eigenvalue weighted by atomic mass is 19.3. The maximum Gasteiger partial charge on any atom is 0.387 e. The number of aryl methyl sites for hydroxylation is 1. The smallest absolute Gasteiger partial charge is 0.387 e. The Morgan fingerprint density at radius 2 is 1.44 bits per heavy atom. The zero-order valence-electron chi connectivity index (χ0n) is 20.4. The lowest BCUT2D eigenvalue weighted by molar-refractivity contribution is -0.0498. The van der Waals surface area contributed by atoms with E-state index in [0.717, 1.165) is 22.9 Å². The number of ether oxygens (including phenoxy) is 1. The van der Waals surface area contributed by atoms with Crippen LogP contribution < -0.4 is 4.74 Å². The SMILES string of the molecule is CCCCCCCc1ccc(C#Cc2ccc3c(F)c(-c4ccc(OC(F)F)cc4)ccc3c2)cc1. The van der Waals surface area contributed by atoms with Gasteiger partial charge in [0, 0.05) is 22.1 Å². The number of hydrogen-bond acceptors (Lipinski definition) is 1. The fourth-order valence-corrected chi connectivity index (χ4v) is 4.24. The highest BCUT2D eigenvalue weighted by molar-refractivity contribution is 5.89. The first kappa shape index (κ1) is 25.4. The second-order valence-electron chi connectivity index (χ2n) is 8.88. The normalized spacial score (nSPS) is 10.9. The van der Waals surface area contributed by atoms with Crippen molar-refractivity contribution >= 4 is 10.8 Å². The fraction of sp³-hybridized carbons (Fsp3) is 0.250. The summed E-state index contributed by atoms with van der Waals surface area (Å²) < 4.78 is 44.3. The van der Waals surface area contributed by atoms with Crippen LogP contribution in [0.3, 0.4) is 0 Å². The van der Waals surface area contributed by atoms with Crippen molar-refractivity contribution < 1.29 is 17.9 Å². The number of hydrogen-bond donors (Lipinski definition) is 0. The third-order valence-corrected chi connectivity index (χ3v) is 6.22. The zero-order chi connectivity index (χ0) is 25.3. The van der Waals surface area contributed by atoms with Gasteiger partial charge in [-0.15, -0.1) is 0 Å². The van der Waals surface area contributed by atoms with Gasteiger partial charge in [-0.05, 0) is 65.8 Å². The minimum absolute atomic E-state index is 0.0372. The Kier molecular flexibility index (Phi) is 8.68. The lowest BCUT2D eigenvalue weighted by Gasteiger charge is -2.09. The van der Waals surface area contributed by atoms with Crippen molar-refractivity contribution in [3.05, 3.63) is 101 Å². The van der Waals surface area contributed by atoms with Crippen LogP contribution in [0.4, 0.5) is 13.2 Å². The molecule has 0 bridgehead atoms. The van der Waals surface area contributed by atoms with Gasteiger partial charge in [0.1, 0.15) is 11.6 Å². The van der Waals surface area contributed by atoms with E-state index in [1.54, 1.807) is 24.3 Å². The molecule has 0 fully saturated rings. The second kappa shape index (κ2) is 12.3. The van der Waals surface area contributed by atoms with Crippen molar-refractivity contribution in [3.8, 4) is 28.7 Å². The van der Waals surface area contributed by atoms with Crippen molar-refractivity contribution in [2.24, 2.45) is 0 Å². The maximum atomic E-state index is 15.2. The maximum absolute atomic E-state index is 15.2. The summed E-state index contributed by atoms with van der Waals surface area (Å²) in [4.78, 5) is 0. The van der Waals surface area contributed by atoms with Gasteiger partial charge in [-0.3, -0.25) is 0 Å². The molecule has 0 radical (unpaired) electrons. The van der Waals surface area contributed by atoms with Crippen molar-refractivity contribution in [1.29, 1.82) is 0 Å². The molecule has 4 rings (SSSR count). The number of halogens is 3. The molecular weight excluding hydrogens is 457 g/mol. The molecule has 0 saturated carbocycles. The van der Waals surface area contributed by atoms with Crippen LogP contribution in [-0.4, -0.2) is 6.61 Å². The molecule has 0 spiro atoms.